The highest BCUT2D eigenvalue weighted by atomic mass is 16.5. The number of carbonyl (C=O) groups excluding carboxylic acids is 2. The van der Waals surface area contributed by atoms with Crippen LogP contribution in [0.4, 0.5) is 0 Å². The molecule has 0 aromatic carbocycles. The van der Waals surface area contributed by atoms with Crippen molar-refractivity contribution in [2.45, 2.75) is 53.0 Å². The number of aromatic nitrogens is 4. The number of hydrogen-bond acceptors (Lipinski definition) is 6. The molecule has 0 saturated carbocycles. The molecule has 2 heterocycles. The van der Waals surface area contributed by atoms with E-state index in [2.05, 4.69) is 20.4 Å². The average Bonchev–Trinajstić information content (AvgIpc) is 3.02. The molecule has 2 aromatic heterocycles. The van der Waals surface area contributed by atoms with Crippen molar-refractivity contribution in [3.05, 3.63) is 23.3 Å². The number of rotatable bonds is 7. The summed E-state index contributed by atoms with van der Waals surface area (Å²) in [5, 5.41) is 6.91. The van der Waals surface area contributed by atoms with Crippen LogP contribution in [0.5, 0.6) is 0 Å². The van der Waals surface area contributed by atoms with E-state index in [9.17, 15) is 9.59 Å². The van der Waals surface area contributed by atoms with Crippen LogP contribution in [0.3, 0.4) is 0 Å². The predicted molar refractivity (Wildman–Crippen MR) is 87.4 cm³/mol. The standard InChI is InChI=1S/C16H23N5O3/c1-5-12(6-2)20-14(22)8-24-15(23)7-13-10(3)19-16-17-9-18-21(16)11(13)4/h9,12H,5-8H2,1-4H3,(H,20,22). The fourth-order valence-electron chi connectivity index (χ4n) is 2.51. The lowest BCUT2D eigenvalue weighted by atomic mass is 10.1. The molecule has 0 aliphatic rings. The number of nitrogens with zero attached hydrogens (tertiary/aromatic N) is 4. The molecule has 0 aliphatic carbocycles. The van der Waals surface area contributed by atoms with Gasteiger partial charge in [0.25, 0.3) is 11.7 Å². The average molecular weight is 333 g/mol. The number of ether oxygens (including phenoxy) is 1. The number of amides is 1. The SMILES string of the molecule is CCC(CC)NC(=O)COC(=O)Cc1c(C)nc2ncnn2c1C. The van der Waals surface area contributed by atoms with E-state index in [0.717, 1.165) is 24.1 Å². The molecular formula is C16H23N5O3. The molecule has 1 amide bonds. The van der Waals surface area contributed by atoms with Crippen molar-refractivity contribution in [1.29, 1.82) is 0 Å². The van der Waals surface area contributed by atoms with Gasteiger partial charge in [0.2, 0.25) is 0 Å². The topological polar surface area (TPSA) is 98.5 Å². The van der Waals surface area contributed by atoms with Crippen LogP contribution in [0.15, 0.2) is 6.33 Å². The van der Waals surface area contributed by atoms with Crippen LogP contribution in [-0.2, 0) is 20.7 Å². The van der Waals surface area contributed by atoms with E-state index in [-0.39, 0.29) is 25.0 Å². The molecule has 0 aliphatic heterocycles. The van der Waals surface area contributed by atoms with Crippen LogP contribution < -0.4 is 5.32 Å². The first-order valence-electron chi connectivity index (χ1n) is 8.07. The van der Waals surface area contributed by atoms with Crippen molar-refractivity contribution >= 4 is 17.7 Å². The van der Waals surface area contributed by atoms with Gasteiger partial charge < -0.3 is 10.1 Å². The minimum absolute atomic E-state index is 0.0404. The Morgan fingerprint density at radius 2 is 2.00 bits per heavy atom. The highest BCUT2D eigenvalue weighted by Crippen LogP contribution is 2.14. The lowest BCUT2D eigenvalue weighted by Gasteiger charge is -2.15. The summed E-state index contributed by atoms with van der Waals surface area (Å²) < 4.78 is 6.66. The molecular weight excluding hydrogens is 310 g/mol. The van der Waals surface area contributed by atoms with Crippen LogP contribution in [0.25, 0.3) is 5.78 Å². The zero-order valence-corrected chi connectivity index (χ0v) is 14.5. The second kappa shape index (κ2) is 7.85. The number of esters is 1. The number of aryl methyl sites for hydroxylation is 2. The van der Waals surface area contributed by atoms with Gasteiger partial charge in [-0.2, -0.15) is 10.1 Å². The number of nitrogens with one attached hydrogen (secondary N) is 1. The van der Waals surface area contributed by atoms with Crippen molar-refractivity contribution in [1.82, 2.24) is 24.9 Å². The third-order valence-electron chi connectivity index (χ3n) is 4.02. The highest BCUT2D eigenvalue weighted by Gasteiger charge is 2.16. The Balaban J connectivity index is 1.96. The van der Waals surface area contributed by atoms with Gasteiger partial charge in [0.1, 0.15) is 6.33 Å². The second-order valence-corrected chi connectivity index (χ2v) is 5.65. The lowest BCUT2D eigenvalue weighted by Crippen LogP contribution is -2.37. The summed E-state index contributed by atoms with van der Waals surface area (Å²) in [6.07, 6.45) is 3.15. The Bertz CT molecular complexity index is 737. The summed E-state index contributed by atoms with van der Waals surface area (Å²) in [4.78, 5) is 32.2. The van der Waals surface area contributed by atoms with Gasteiger partial charge >= 0.3 is 5.97 Å². The molecule has 8 nitrogen and oxygen atoms in total. The summed E-state index contributed by atoms with van der Waals surface area (Å²) >= 11 is 0. The third kappa shape index (κ3) is 4.06. The van der Waals surface area contributed by atoms with E-state index in [1.165, 1.54) is 6.33 Å². The third-order valence-corrected chi connectivity index (χ3v) is 4.02. The van der Waals surface area contributed by atoms with Gasteiger partial charge in [0, 0.05) is 23.0 Å². The molecule has 0 saturated heterocycles. The fourth-order valence-corrected chi connectivity index (χ4v) is 2.51. The Hall–Kier alpha value is -2.51. The van der Waals surface area contributed by atoms with Gasteiger partial charge in [-0.15, -0.1) is 0 Å². The van der Waals surface area contributed by atoms with E-state index < -0.39 is 5.97 Å². The minimum atomic E-state index is -0.470. The fraction of sp³-hybridized carbons (Fsp3) is 0.562. The summed E-state index contributed by atoms with van der Waals surface area (Å²) in [6, 6.07) is 0.111. The maximum Gasteiger partial charge on any atom is 0.310 e. The van der Waals surface area contributed by atoms with E-state index in [1.54, 1.807) is 4.52 Å². The number of carbonyl (C=O) groups is 2. The van der Waals surface area contributed by atoms with Crippen molar-refractivity contribution < 1.29 is 14.3 Å². The molecule has 0 bridgehead atoms. The lowest BCUT2D eigenvalue weighted by molar-refractivity contribution is -0.148. The normalized spacial score (nSPS) is 11.0. The van der Waals surface area contributed by atoms with Crippen LogP contribution >= 0.6 is 0 Å². The summed E-state index contributed by atoms with van der Waals surface area (Å²) in [5.74, 6) is -0.260. The Morgan fingerprint density at radius 3 is 2.67 bits per heavy atom. The van der Waals surface area contributed by atoms with Crippen LogP contribution in [0, 0.1) is 13.8 Å². The van der Waals surface area contributed by atoms with Gasteiger partial charge in [0.15, 0.2) is 6.61 Å². The first-order valence-corrected chi connectivity index (χ1v) is 8.07. The molecule has 0 fully saturated rings. The van der Waals surface area contributed by atoms with Gasteiger partial charge in [-0.05, 0) is 26.7 Å². The number of hydrogen-bond donors (Lipinski definition) is 1. The molecule has 0 atom stereocenters. The van der Waals surface area contributed by atoms with Crippen molar-refractivity contribution in [2.24, 2.45) is 0 Å². The summed E-state index contributed by atoms with van der Waals surface area (Å²) in [7, 11) is 0. The molecule has 130 valence electrons. The van der Waals surface area contributed by atoms with Crippen LogP contribution in [0.2, 0.25) is 0 Å². The monoisotopic (exact) mass is 333 g/mol. The smallest absolute Gasteiger partial charge is 0.310 e. The summed E-state index contributed by atoms with van der Waals surface area (Å²) in [5.41, 5.74) is 2.22. The number of fused-ring (bicyclic) bond motifs is 1. The second-order valence-electron chi connectivity index (χ2n) is 5.65. The summed E-state index contributed by atoms with van der Waals surface area (Å²) in [6.45, 7) is 7.38. The maximum atomic E-state index is 12.0. The largest absolute Gasteiger partial charge is 0.455 e. The van der Waals surface area contributed by atoms with Gasteiger partial charge in [0.05, 0.1) is 6.42 Å². The Kier molecular flexibility index (Phi) is 5.83. The molecule has 24 heavy (non-hydrogen) atoms. The Labute approximate surface area is 140 Å². The van der Waals surface area contributed by atoms with Crippen molar-refractivity contribution in [2.75, 3.05) is 6.61 Å². The molecule has 1 N–H and O–H groups in total. The Morgan fingerprint density at radius 1 is 1.29 bits per heavy atom. The van der Waals surface area contributed by atoms with E-state index >= 15 is 0 Å². The molecule has 0 radical (unpaired) electrons. The zero-order valence-electron chi connectivity index (χ0n) is 14.5. The first kappa shape index (κ1) is 17.8. The maximum absolute atomic E-state index is 12.0. The van der Waals surface area contributed by atoms with Gasteiger partial charge in [-0.1, -0.05) is 13.8 Å². The molecule has 2 aromatic rings. The minimum Gasteiger partial charge on any atom is -0.455 e. The van der Waals surface area contributed by atoms with Crippen molar-refractivity contribution in [3.8, 4) is 0 Å². The molecule has 0 unspecified atom stereocenters. The van der Waals surface area contributed by atoms with Crippen molar-refractivity contribution in [3.63, 3.8) is 0 Å². The van der Waals surface area contributed by atoms with E-state index in [4.69, 9.17) is 4.74 Å². The molecule has 0 spiro atoms. The predicted octanol–water partition coefficient (Wildman–Crippen LogP) is 1.13. The highest BCUT2D eigenvalue weighted by molar-refractivity contribution is 5.81. The van der Waals surface area contributed by atoms with E-state index in [0.29, 0.717) is 11.5 Å². The first-order chi connectivity index (χ1) is 11.5. The molecule has 2 rings (SSSR count). The zero-order chi connectivity index (χ0) is 17.7. The molecule has 8 heteroatoms. The van der Waals surface area contributed by atoms with Crippen LogP contribution in [0.1, 0.15) is 43.6 Å². The quantitative estimate of drug-likeness (QED) is 0.763. The van der Waals surface area contributed by atoms with Gasteiger partial charge in [-0.25, -0.2) is 9.50 Å². The van der Waals surface area contributed by atoms with Gasteiger partial charge in [-0.3, -0.25) is 9.59 Å². The van der Waals surface area contributed by atoms with E-state index in [1.807, 2.05) is 27.7 Å². The van der Waals surface area contributed by atoms with Crippen LogP contribution in [-0.4, -0.2) is 44.1 Å².